The number of hydrogen-bond acceptors (Lipinski definition) is 3. The van der Waals surface area contributed by atoms with Gasteiger partial charge in [0, 0.05) is 31.2 Å². The average molecular weight is 268 g/mol. The van der Waals surface area contributed by atoms with E-state index in [4.69, 9.17) is 4.74 Å². The SMILES string of the molecule is CC(C)OCCN1CC2(CCCC2)NCC1C(C)C. The predicted molar refractivity (Wildman–Crippen MR) is 80.5 cm³/mol. The Kier molecular flexibility index (Phi) is 5.27. The van der Waals surface area contributed by atoms with Crippen LogP contribution in [0.1, 0.15) is 53.4 Å². The van der Waals surface area contributed by atoms with Crippen molar-refractivity contribution in [2.24, 2.45) is 5.92 Å². The van der Waals surface area contributed by atoms with Gasteiger partial charge in [-0.3, -0.25) is 4.90 Å². The molecule has 2 rings (SSSR count). The van der Waals surface area contributed by atoms with Crippen molar-refractivity contribution in [1.82, 2.24) is 10.2 Å². The van der Waals surface area contributed by atoms with Crippen LogP contribution < -0.4 is 5.32 Å². The van der Waals surface area contributed by atoms with Crippen molar-refractivity contribution >= 4 is 0 Å². The molecule has 112 valence electrons. The van der Waals surface area contributed by atoms with E-state index in [1.807, 2.05) is 0 Å². The zero-order chi connectivity index (χ0) is 13.9. The highest BCUT2D eigenvalue weighted by Gasteiger charge is 2.41. The summed E-state index contributed by atoms with van der Waals surface area (Å²) in [6.45, 7) is 13.3. The summed E-state index contributed by atoms with van der Waals surface area (Å²) in [6, 6.07) is 0.669. The molecule has 1 aliphatic heterocycles. The molecule has 2 fully saturated rings. The van der Waals surface area contributed by atoms with Gasteiger partial charge in [0.05, 0.1) is 12.7 Å². The molecule has 0 bridgehead atoms. The molecule has 19 heavy (non-hydrogen) atoms. The van der Waals surface area contributed by atoms with Crippen molar-refractivity contribution in [2.75, 3.05) is 26.2 Å². The Morgan fingerprint density at radius 1 is 1.21 bits per heavy atom. The zero-order valence-corrected chi connectivity index (χ0v) is 13.2. The van der Waals surface area contributed by atoms with Gasteiger partial charge in [-0.15, -0.1) is 0 Å². The van der Waals surface area contributed by atoms with Crippen LogP contribution in [0.25, 0.3) is 0 Å². The molecule has 1 saturated heterocycles. The normalized spacial score (nSPS) is 27.8. The molecule has 1 aliphatic carbocycles. The molecule has 3 nitrogen and oxygen atoms in total. The Bertz CT molecular complexity index is 272. The van der Waals surface area contributed by atoms with Crippen LogP contribution in [0.15, 0.2) is 0 Å². The lowest BCUT2D eigenvalue weighted by Gasteiger charge is -2.48. The van der Waals surface area contributed by atoms with Crippen molar-refractivity contribution < 1.29 is 4.74 Å². The van der Waals surface area contributed by atoms with Crippen LogP contribution in [0.2, 0.25) is 0 Å². The van der Waals surface area contributed by atoms with Crippen molar-refractivity contribution in [2.45, 2.75) is 71.1 Å². The van der Waals surface area contributed by atoms with Crippen molar-refractivity contribution in [3.8, 4) is 0 Å². The molecule has 0 radical (unpaired) electrons. The molecule has 1 unspecified atom stereocenters. The quantitative estimate of drug-likeness (QED) is 0.829. The van der Waals surface area contributed by atoms with E-state index in [-0.39, 0.29) is 0 Å². The second-order valence-electron chi connectivity index (χ2n) is 7.07. The third-order valence-electron chi connectivity index (χ3n) is 4.82. The molecule has 1 saturated carbocycles. The van der Waals surface area contributed by atoms with E-state index in [9.17, 15) is 0 Å². The lowest BCUT2D eigenvalue weighted by Crippen LogP contribution is -2.64. The maximum absolute atomic E-state index is 5.76. The van der Waals surface area contributed by atoms with Gasteiger partial charge in [-0.1, -0.05) is 26.7 Å². The second-order valence-corrected chi connectivity index (χ2v) is 7.07. The first kappa shape index (κ1) is 15.3. The standard InChI is InChI=1S/C16H32N2O/c1-13(2)15-11-17-16(7-5-6-8-16)12-18(15)9-10-19-14(3)4/h13-15,17H,5-12H2,1-4H3. The van der Waals surface area contributed by atoms with Crippen LogP contribution in [0, 0.1) is 5.92 Å². The number of rotatable bonds is 5. The fraction of sp³-hybridized carbons (Fsp3) is 1.00. The average Bonchev–Trinajstić information content (AvgIpc) is 2.76. The highest BCUT2D eigenvalue weighted by atomic mass is 16.5. The minimum absolute atomic E-state index is 0.348. The molecule has 0 amide bonds. The van der Waals surface area contributed by atoms with E-state index < -0.39 is 0 Å². The molecule has 0 aromatic rings. The lowest BCUT2D eigenvalue weighted by molar-refractivity contribution is 0.0104. The monoisotopic (exact) mass is 268 g/mol. The fourth-order valence-electron chi connectivity index (χ4n) is 3.71. The first-order chi connectivity index (χ1) is 9.02. The molecule has 1 spiro atoms. The van der Waals surface area contributed by atoms with E-state index in [2.05, 4.69) is 37.9 Å². The topological polar surface area (TPSA) is 24.5 Å². The summed E-state index contributed by atoms with van der Waals surface area (Å²) in [5, 5.41) is 3.87. The molecule has 0 aromatic carbocycles. The van der Waals surface area contributed by atoms with Crippen molar-refractivity contribution in [3.63, 3.8) is 0 Å². The second kappa shape index (κ2) is 6.55. The number of ether oxygens (including phenoxy) is 1. The molecular weight excluding hydrogens is 236 g/mol. The number of nitrogens with one attached hydrogen (secondary N) is 1. The van der Waals surface area contributed by atoms with Gasteiger partial charge in [-0.05, 0) is 32.6 Å². The summed E-state index contributed by atoms with van der Waals surface area (Å²) < 4.78 is 5.76. The van der Waals surface area contributed by atoms with Gasteiger partial charge in [0.2, 0.25) is 0 Å². The first-order valence-electron chi connectivity index (χ1n) is 8.13. The first-order valence-corrected chi connectivity index (χ1v) is 8.13. The predicted octanol–water partition coefficient (Wildman–Crippen LogP) is 2.65. The molecule has 0 aromatic heterocycles. The molecule has 1 heterocycles. The number of hydrogen-bond donors (Lipinski definition) is 1. The van der Waals surface area contributed by atoms with Gasteiger partial charge in [0.1, 0.15) is 0 Å². The van der Waals surface area contributed by atoms with E-state index in [1.54, 1.807) is 0 Å². The van der Waals surface area contributed by atoms with Gasteiger partial charge in [0.25, 0.3) is 0 Å². The van der Waals surface area contributed by atoms with E-state index in [0.29, 0.717) is 23.6 Å². The summed E-state index contributed by atoms with van der Waals surface area (Å²) >= 11 is 0. The highest BCUT2D eigenvalue weighted by molar-refractivity contribution is 5.01. The van der Waals surface area contributed by atoms with Gasteiger partial charge in [-0.2, -0.15) is 0 Å². The third-order valence-corrected chi connectivity index (χ3v) is 4.82. The Morgan fingerprint density at radius 3 is 2.47 bits per heavy atom. The Balaban J connectivity index is 1.92. The van der Waals surface area contributed by atoms with Gasteiger partial charge >= 0.3 is 0 Å². The Labute approximate surface area is 119 Å². The van der Waals surface area contributed by atoms with Crippen LogP contribution in [0.5, 0.6) is 0 Å². The molecule has 1 atom stereocenters. The van der Waals surface area contributed by atoms with Gasteiger partial charge in [0.15, 0.2) is 0 Å². The minimum Gasteiger partial charge on any atom is -0.377 e. The van der Waals surface area contributed by atoms with Gasteiger partial charge < -0.3 is 10.1 Å². The van der Waals surface area contributed by atoms with E-state index in [1.165, 1.54) is 32.2 Å². The van der Waals surface area contributed by atoms with Crippen LogP contribution in [0.3, 0.4) is 0 Å². The number of nitrogens with zero attached hydrogens (tertiary/aromatic N) is 1. The highest BCUT2D eigenvalue weighted by Crippen LogP contribution is 2.34. The summed E-state index contributed by atoms with van der Waals surface area (Å²) in [5.74, 6) is 0.713. The minimum atomic E-state index is 0.348. The Morgan fingerprint density at radius 2 is 1.89 bits per heavy atom. The maximum Gasteiger partial charge on any atom is 0.0597 e. The summed E-state index contributed by atoms with van der Waals surface area (Å²) in [7, 11) is 0. The van der Waals surface area contributed by atoms with Crippen LogP contribution in [-0.2, 0) is 4.74 Å². The van der Waals surface area contributed by atoms with Crippen molar-refractivity contribution in [3.05, 3.63) is 0 Å². The van der Waals surface area contributed by atoms with E-state index in [0.717, 1.165) is 19.7 Å². The Hall–Kier alpha value is -0.120. The number of piperazine rings is 1. The van der Waals surface area contributed by atoms with Crippen molar-refractivity contribution in [1.29, 1.82) is 0 Å². The largest absolute Gasteiger partial charge is 0.377 e. The third kappa shape index (κ3) is 3.93. The van der Waals surface area contributed by atoms with Crippen LogP contribution in [-0.4, -0.2) is 48.8 Å². The summed E-state index contributed by atoms with van der Waals surface area (Å²) in [6.07, 6.45) is 5.87. The van der Waals surface area contributed by atoms with E-state index >= 15 is 0 Å². The lowest BCUT2D eigenvalue weighted by atomic mass is 9.89. The fourth-order valence-corrected chi connectivity index (χ4v) is 3.71. The zero-order valence-electron chi connectivity index (χ0n) is 13.2. The van der Waals surface area contributed by atoms with Crippen LogP contribution in [0.4, 0.5) is 0 Å². The smallest absolute Gasteiger partial charge is 0.0597 e. The molecule has 1 N–H and O–H groups in total. The van der Waals surface area contributed by atoms with Crippen LogP contribution >= 0.6 is 0 Å². The summed E-state index contributed by atoms with van der Waals surface area (Å²) in [4.78, 5) is 2.69. The molecule has 3 heteroatoms. The van der Waals surface area contributed by atoms with Gasteiger partial charge in [-0.25, -0.2) is 0 Å². The summed E-state index contributed by atoms with van der Waals surface area (Å²) in [5.41, 5.74) is 0.420. The molecule has 2 aliphatic rings. The molecular formula is C16H32N2O. The maximum atomic E-state index is 5.76.